The molecule has 2 unspecified atom stereocenters. The van der Waals surface area contributed by atoms with Crippen molar-refractivity contribution in [2.45, 2.75) is 13.3 Å². The number of aromatic nitrogens is 1. The Morgan fingerprint density at radius 2 is 1.91 bits per heavy atom. The minimum atomic E-state index is 0.632. The summed E-state index contributed by atoms with van der Waals surface area (Å²) in [5, 5.41) is 1.41. The molecule has 2 aromatic carbocycles. The number of fused-ring (bicyclic) bond motifs is 3. The van der Waals surface area contributed by atoms with Gasteiger partial charge in [0.1, 0.15) is 0 Å². The highest BCUT2D eigenvalue weighted by molar-refractivity contribution is 7.16. The molecule has 1 heterocycles. The Bertz CT molecular complexity index is 858. The van der Waals surface area contributed by atoms with Crippen molar-refractivity contribution in [3.05, 3.63) is 71.4 Å². The molecule has 4 rings (SSSR count). The van der Waals surface area contributed by atoms with Crippen molar-refractivity contribution in [3.63, 3.8) is 0 Å². The Morgan fingerprint density at radius 1 is 1.09 bits per heavy atom. The van der Waals surface area contributed by atoms with Crippen molar-refractivity contribution in [1.82, 2.24) is 4.57 Å². The SMILES string of the molecule is Cc1cccc2c3c(n(-c4ccccc4)c12)C=CC(CP)C3. The van der Waals surface area contributed by atoms with E-state index in [1.165, 1.54) is 33.4 Å². The third-order valence-corrected chi connectivity index (χ3v) is 5.25. The van der Waals surface area contributed by atoms with Crippen LogP contribution in [0.15, 0.2) is 54.6 Å². The highest BCUT2D eigenvalue weighted by atomic mass is 31.0. The van der Waals surface area contributed by atoms with Gasteiger partial charge in [0.2, 0.25) is 0 Å². The fourth-order valence-electron chi connectivity index (χ4n) is 3.55. The van der Waals surface area contributed by atoms with Crippen LogP contribution in [0.2, 0.25) is 0 Å². The Balaban J connectivity index is 2.08. The minimum absolute atomic E-state index is 0.632. The van der Waals surface area contributed by atoms with Gasteiger partial charge in [0.15, 0.2) is 0 Å². The number of aryl methyl sites for hydroxylation is 1. The number of hydrogen-bond acceptors (Lipinski definition) is 0. The lowest BCUT2D eigenvalue weighted by atomic mass is 9.93. The summed E-state index contributed by atoms with van der Waals surface area (Å²) in [6.07, 6.45) is 6.94. The predicted molar refractivity (Wildman–Crippen MR) is 98.8 cm³/mol. The summed E-state index contributed by atoms with van der Waals surface area (Å²) in [4.78, 5) is 0. The molecule has 0 amide bonds. The van der Waals surface area contributed by atoms with E-state index in [2.05, 4.69) is 81.4 Å². The van der Waals surface area contributed by atoms with Crippen molar-refractivity contribution in [2.75, 3.05) is 6.16 Å². The van der Waals surface area contributed by atoms with E-state index in [0.717, 1.165) is 12.6 Å². The molecule has 0 radical (unpaired) electrons. The summed E-state index contributed by atoms with van der Waals surface area (Å²) in [7, 11) is 2.88. The zero-order valence-electron chi connectivity index (χ0n) is 12.8. The van der Waals surface area contributed by atoms with Gasteiger partial charge in [-0.3, -0.25) is 0 Å². The molecule has 2 heteroatoms. The summed E-state index contributed by atoms with van der Waals surface area (Å²) in [5.41, 5.74) is 6.79. The van der Waals surface area contributed by atoms with Gasteiger partial charge >= 0.3 is 0 Å². The first kappa shape index (κ1) is 13.8. The van der Waals surface area contributed by atoms with E-state index < -0.39 is 0 Å². The molecule has 0 fully saturated rings. The van der Waals surface area contributed by atoms with Gasteiger partial charge in [0.25, 0.3) is 0 Å². The van der Waals surface area contributed by atoms with Gasteiger partial charge in [-0.15, -0.1) is 9.24 Å². The molecule has 0 aliphatic heterocycles. The minimum Gasteiger partial charge on any atom is -0.309 e. The van der Waals surface area contributed by atoms with Crippen LogP contribution >= 0.6 is 9.24 Å². The Labute approximate surface area is 133 Å². The lowest BCUT2D eigenvalue weighted by molar-refractivity contribution is 0.729. The van der Waals surface area contributed by atoms with Crippen LogP contribution in [0.25, 0.3) is 22.7 Å². The maximum Gasteiger partial charge on any atom is 0.0566 e. The molecule has 1 aliphatic rings. The number of para-hydroxylation sites is 2. The van der Waals surface area contributed by atoms with Gasteiger partial charge in [-0.1, -0.05) is 42.5 Å². The van der Waals surface area contributed by atoms with Crippen LogP contribution in [0.4, 0.5) is 0 Å². The van der Waals surface area contributed by atoms with E-state index in [1.807, 2.05) is 0 Å². The normalized spacial score (nSPS) is 16.9. The van der Waals surface area contributed by atoms with E-state index in [-0.39, 0.29) is 0 Å². The maximum atomic E-state index is 2.88. The van der Waals surface area contributed by atoms with Crippen molar-refractivity contribution < 1.29 is 0 Å². The highest BCUT2D eigenvalue weighted by Gasteiger charge is 2.22. The topological polar surface area (TPSA) is 4.93 Å². The van der Waals surface area contributed by atoms with Crippen LogP contribution in [-0.4, -0.2) is 10.7 Å². The molecular weight excluding hydrogens is 285 g/mol. The monoisotopic (exact) mass is 305 g/mol. The molecule has 0 saturated carbocycles. The molecule has 1 aliphatic carbocycles. The van der Waals surface area contributed by atoms with E-state index in [1.54, 1.807) is 0 Å². The Kier molecular flexibility index (Phi) is 3.39. The highest BCUT2D eigenvalue weighted by Crippen LogP contribution is 2.36. The van der Waals surface area contributed by atoms with E-state index in [0.29, 0.717) is 5.92 Å². The largest absolute Gasteiger partial charge is 0.309 e. The van der Waals surface area contributed by atoms with Crippen molar-refractivity contribution >= 4 is 26.2 Å². The molecule has 22 heavy (non-hydrogen) atoms. The number of benzene rings is 2. The van der Waals surface area contributed by atoms with Gasteiger partial charge < -0.3 is 4.57 Å². The summed E-state index contributed by atoms with van der Waals surface area (Å²) < 4.78 is 2.43. The molecule has 0 bridgehead atoms. The van der Waals surface area contributed by atoms with Gasteiger partial charge in [0, 0.05) is 16.8 Å². The zero-order chi connectivity index (χ0) is 15.1. The van der Waals surface area contributed by atoms with Crippen LogP contribution in [0.5, 0.6) is 0 Å². The average molecular weight is 305 g/mol. The predicted octanol–water partition coefficient (Wildman–Crippen LogP) is 5.00. The summed E-state index contributed by atoms with van der Waals surface area (Å²) in [6.45, 7) is 2.21. The molecular formula is C20H20NP. The second-order valence-electron chi connectivity index (χ2n) is 6.06. The van der Waals surface area contributed by atoms with E-state index >= 15 is 0 Å². The van der Waals surface area contributed by atoms with E-state index in [9.17, 15) is 0 Å². The van der Waals surface area contributed by atoms with Gasteiger partial charge in [0.05, 0.1) is 5.52 Å². The second kappa shape index (κ2) is 5.41. The van der Waals surface area contributed by atoms with Gasteiger partial charge in [-0.25, -0.2) is 0 Å². The summed E-state index contributed by atoms with van der Waals surface area (Å²) in [5.74, 6) is 0.632. The smallest absolute Gasteiger partial charge is 0.0566 e. The fraction of sp³-hybridized carbons (Fsp3) is 0.200. The first-order chi connectivity index (χ1) is 10.8. The molecule has 3 aromatic rings. The number of hydrogen-bond donors (Lipinski definition) is 0. The lowest BCUT2D eigenvalue weighted by Gasteiger charge is -2.17. The van der Waals surface area contributed by atoms with Gasteiger partial charge in [-0.2, -0.15) is 0 Å². The molecule has 2 atom stereocenters. The quantitative estimate of drug-likeness (QED) is 0.587. The molecule has 0 spiro atoms. The molecule has 0 N–H and O–H groups in total. The maximum absolute atomic E-state index is 2.88. The summed E-state index contributed by atoms with van der Waals surface area (Å²) in [6, 6.07) is 17.4. The first-order valence-corrected chi connectivity index (χ1v) is 8.68. The number of rotatable bonds is 2. The van der Waals surface area contributed by atoms with Crippen LogP contribution < -0.4 is 0 Å². The Hall–Kier alpha value is -1.85. The lowest BCUT2D eigenvalue weighted by Crippen LogP contribution is -2.09. The standard InChI is InChI=1S/C20H20NP/c1-14-6-5-9-17-18-12-15(13-22)10-11-19(18)21(20(14)17)16-7-3-2-4-8-16/h2-11,15H,12-13,22H2,1H3. The van der Waals surface area contributed by atoms with Crippen LogP contribution in [0, 0.1) is 12.8 Å². The zero-order valence-corrected chi connectivity index (χ0v) is 13.9. The van der Waals surface area contributed by atoms with Gasteiger partial charge in [-0.05, 0) is 54.8 Å². The average Bonchev–Trinajstić information content (AvgIpc) is 2.91. The third kappa shape index (κ3) is 2.04. The Morgan fingerprint density at radius 3 is 2.68 bits per heavy atom. The number of nitrogens with zero attached hydrogens (tertiary/aromatic N) is 1. The van der Waals surface area contributed by atoms with Crippen molar-refractivity contribution in [1.29, 1.82) is 0 Å². The second-order valence-corrected chi connectivity index (χ2v) is 6.54. The van der Waals surface area contributed by atoms with Crippen molar-refractivity contribution in [2.24, 2.45) is 5.92 Å². The molecule has 1 nitrogen and oxygen atoms in total. The fourth-order valence-corrected chi connectivity index (χ4v) is 3.87. The molecule has 0 saturated heterocycles. The molecule has 1 aromatic heterocycles. The number of allylic oxidation sites excluding steroid dienone is 1. The van der Waals surface area contributed by atoms with Crippen LogP contribution in [0.3, 0.4) is 0 Å². The summed E-state index contributed by atoms with van der Waals surface area (Å²) >= 11 is 0. The van der Waals surface area contributed by atoms with Crippen molar-refractivity contribution in [3.8, 4) is 5.69 Å². The van der Waals surface area contributed by atoms with E-state index in [4.69, 9.17) is 0 Å². The third-order valence-electron chi connectivity index (χ3n) is 4.65. The van der Waals surface area contributed by atoms with Crippen LogP contribution in [-0.2, 0) is 6.42 Å². The molecule has 110 valence electrons. The first-order valence-electron chi connectivity index (χ1n) is 7.86. The van der Waals surface area contributed by atoms with Crippen LogP contribution in [0.1, 0.15) is 16.8 Å².